The van der Waals surface area contributed by atoms with Crippen LogP contribution in [0.5, 0.6) is 0 Å². The first-order valence-electron chi connectivity index (χ1n) is 9.77. The maximum absolute atomic E-state index is 12.7. The molecule has 0 N–H and O–H groups in total. The van der Waals surface area contributed by atoms with Gasteiger partial charge in [0.1, 0.15) is 0 Å². The molecule has 1 unspecified atom stereocenters. The Bertz CT molecular complexity index is 786. The smallest absolute Gasteiger partial charge is 0.262 e. The average Bonchev–Trinajstić information content (AvgIpc) is 3.18. The molecule has 9 heteroatoms. The van der Waals surface area contributed by atoms with Gasteiger partial charge < -0.3 is 14.2 Å². The van der Waals surface area contributed by atoms with Crippen LogP contribution in [0.25, 0.3) is 0 Å². The lowest BCUT2D eigenvalue weighted by atomic mass is 9.98. The van der Waals surface area contributed by atoms with E-state index in [0.29, 0.717) is 38.0 Å². The fraction of sp³-hybridized carbons (Fsp3) is 0.778. The summed E-state index contributed by atoms with van der Waals surface area (Å²) in [6.45, 7) is 2.58. The Morgan fingerprint density at radius 3 is 2.26 bits per heavy atom. The molecule has 4 rings (SSSR count). The molecule has 27 heavy (non-hydrogen) atoms. The number of aryl methyl sites for hydroxylation is 1. The van der Waals surface area contributed by atoms with E-state index in [4.69, 9.17) is 4.74 Å². The van der Waals surface area contributed by atoms with Crippen molar-refractivity contribution in [2.24, 2.45) is 7.05 Å². The summed E-state index contributed by atoms with van der Waals surface area (Å²) in [4.78, 5) is 17.9. The van der Waals surface area contributed by atoms with Crippen LogP contribution < -0.4 is 0 Å². The fourth-order valence-corrected chi connectivity index (χ4v) is 6.32. The Kier molecular flexibility index (Phi) is 5.02. The van der Waals surface area contributed by atoms with Crippen LogP contribution in [0.3, 0.4) is 0 Å². The summed E-state index contributed by atoms with van der Waals surface area (Å²) in [6.07, 6.45) is 8.68. The van der Waals surface area contributed by atoms with Crippen molar-refractivity contribution in [3.05, 3.63) is 12.5 Å². The van der Waals surface area contributed by atoms with E-state index < -0.39 is 10.0 Å². The van der Waals surface area contributed by atoms with Crippen LogP contribution in [0.2, 0.25) is 0 Å². The quantitative estimate of drug-likeness (QED) is 0.762. The Morgan fingerprint density at radius 2 is 1.74 bits per heavy atom. The number of nitrogens with zero attached hydrogens (tertiary/aromatic N) is 4. The van der Waals surface area contributed by atoms with Crippen LogP contribution >= 0.6 is 0 Å². The second kappa shape index (κ2) is 7.18. The molecule has 2 bridgehead atoms. The largest absolute Gasteiger partial charge is 0.375 e. The molecule has 1 aromatic heterocycles. The maximum atomic E-state index is 12.7. The highest BCUT2D eigenvalue weighted by Crippen LogP contribution is 2.38. The molecule has 4 heterocycles. The predicted octanol–water partition coefficient (Wildman–Crippen LogP) is 1.13. The number of ether oxygens (including phenoxy) is 1. The van der Waals surface area contributed by atoms with Gasteiger partial charge >= 0.3 is 0 Å². The van der Waals surface area contributed by atoms with E-state index in [1.54, 1.807) is 18.5 Å². The lowest BCUT2D eigenvalue weighted by Crippen LogP contribution is -2.49. The molecule has 1 aromatic rings. The number of carbonyl (C=O) groups is 1. The Morgan fingerprint density at radius 1 is 1.11 bits per heavy atom. The summed E-state index contributed by atoms with van der Waals surface area (Å²) < 4.78 is 34.8. The lowest BCUT2D eigenvalue weighted by Gasteiger charge is -2.40. The van der Waals surface area contributed by atoms with Gasteiger partial charge in [0.05, 0.1) is 18.5 Å². The third-order valence-electron chi connectivity index (χ3n) is 6.12. The summed E-state index contributed by atoms with van der Waals surface area (Å²) in [5.74, 6) is 0.175. The highest BCUT2D eigenvalue weighted by atomic mass is 32.2. The number of carbonyl (C=O) groups excluding carboxylic acids is 1. The van der Waals surface area contributed by atoms with E-state index in [-0.39, 0.29) is 23.1 Å². The van der Waals surface area contributed by atoms with E-state index in [2.05, 4.69) is 4.98 Å². The molecule has 0 aromatic carbocycles. The normalized spacial score (nSPS) is 30.0. The zero-order valence-corrected chi connectivity index (χ0v) is 16.8. The second-order valence-electron chi connectivity index (χ2n) is 8.02. The van der Waals surface area contributed by atoms with E-state index in [0.717, 1.165) is 25.7 Å². The van der Waals surface area contributed by atoms with Gasteiger partial charge in [0.15, 0.2) is 5.03 Å². The summed E-state index contributed by atoms with van der Waals surface area (Å²) in [5, 5.41) is 0.109. The highest BCUT2D eigenvalue weighted by Gasteiger charge is 2.43. The fourth-order valence-electron chi connectivity index (χ4n) is 4.89. The molecule has 3 atom stereocenters. The number of piperidine rings is 2. The molecular formula is C18H28N4O4S. The van der Waals surface area contributed by atoms with Gasteiger partial charge in [-0.15, -0.1) is 0 Å². The van der Waals surface area contributed by atoms with Gasteiger partial charge in [-0.1, -0.05) is 0 Å². The van der Waals surface area contributed by atoms with Crippen LogP contribution in [0.4, 0.5) is 0 Å². The summed E-state index contributed by atoms with van der Waals surface area (Å²) in [6, 6.07) is 0.631. The van der Waals surface area contributed by atoms with Gasteiger partial charge in [-0.25, -0.2) is 13.4 Å². The van der Waals surface area contributed by atoms with Crippen molar-refractivity contribution in [3.8, 4) is 0 Å². The van der Waals surface area contributed by atoms with Gasteiger partial charge in [-0.3, -0.25) is 4.79 Å². The minimum atomic E-state index is -3.52. The van der Waals surface area contributed by atoms with Crippen molar-refractivity contribution >= 4 is 15.9 Å². The van der Waals surface area contributed by atoms with E-state index in [9.17, 15) is 13.2 Å². The second-order valence-corrected chi connectivity index (χ2v) is 9.91. The summed E-state index contributed by atoms with van der Waals surface area (Å²) in [5.41, 5.74) is 0. The number of sulfonamides is 1. The van der Waals surface area contributed by atoms with Crippen molar-refractivity contribution < 1.29 is 17.9 Å². The molecule has 3 aliphatic heterocycles. The molecule has 0 radical (unpaired) electrons. The van der Waals surface area contributed by atoms with Crippen LogP contribution in [-0.4, -0.2) is 70.5 Å². The first-order valence-corrected chi connectivity index (χ1v) is 11.2. The van der Waals surface area contributed by atoms with Gasteiger partial charge in [0.25, 0.3) is 10.0 Å². The summed E-state index contributed by atoms with van der Waals surface area (Å²) >= 11 is 0. The molecule has 3 aliphatic rings. The Hall–Kier alpha value is -1.45. The van der Waals surface area contributed by atoms with Crippen molar-refractivity contribution in [1.82, 2.24) is 18.8 Å². The number of fused-ring (bicyclic) bond motifs is 2. The minimum absolute atomic E-state index is 0.0912. The monoisotopic (exact) mass is 396 g/mol. The van der Waals surface area contributed by atoms with Crippen molar-refractivity contribution in [3.63, 3.8) is 0 Å². The zero-order valence-electron chi connectivity index (χ0n) is 16.0. The molecule has 1 amide bonds. The van der Waals surface area contributed by atoms with Crippen LogP contribution in [-0.2, 0) is 26.6 Å². The molecular weight excluding hydrogens is 368 g/mol. The van der Waals surface area contributed by atoms with E-state index in [1.807, 2.05) is 4.90 Å². The SMILES string of the molecule is CC(=O)N1[C@@H]2CC[C@H]1CC(OC1CCN(S(=O)(=O)c3cn(C)cn3)CC1)C2. The number of amides is 1. The van der Waals surface area contributed by atoms with Crippen LogP contribution in [0.1, 0.15) is 45.4 Å². The Labute approximate surface area is 160 Å². The highest BCUT2D eigenvalue weighted by molar-refractivity contribution is 7.89. The molecule has 8 nitrogen and oxygen atoms in total. The van der Waals surface area contributed by atoms with Crippen molar-refractivity contribution in [1.29, 1.82) is 0 Å². The number of hydrogen-bond acceptors (Lipinski definition) is 5. The van der Waals surface area contributed by atoms with Crippen LogP contribution in [0.15, 0.2) is 17.6 Å². The number of hydrogen-bond donors (Lipinski definition) is 0. The summed E-state index contributed by atoms with van der Waals surface area (Å²) in [7, 11) is -1.76. The first kappa shape index (κ1) is 18.9. The maximum Gasteiger partial charge on any atom is 0.262 e. The average molecular weight is 397 g/mol. The standard InChI is InChI=1S/C18H28N4O4S/c1-13(23)22-14-3-4-15(22)10-17(9-14)26-16-5-7-21(8-6-16)27(24,25)18-11-20(2)12-19-18/h11-12,14-17H,3-10H2,1-2H3/t14-,15+,17?. The number of imidazole rings is 1. The van der Waals surface area contributed by atoms with Gasteiger partial charge in [0.2, 0.25) is 5.91 Å². The van der Waals surface area contributed by atoms with Crippen molar-refractivity contribution in [2.75, 3.05) is 13.1 Å². The van der Waals surface area contributed by atoms with Gasteiger partial charge in [-0.05, 0) is 38.5 Å². The molecule has 0 spiro atoms. The van der Waals surface area contributed by atoms with E-state index >= 15 is 0 Å². The number of aromatic nitrogens is 2. The first-order chi connectivity index (χ1) is 12.8. The molecule has 3 saturated heterocycles. The van der Waals surface area contributed by atoms with E-state index in [1.165, 1.54) is 16.8 Å². The molecule has 0 aliphatic carbocycles. The van der Waals surface area contributed by atoms with Gasteiger partial charge in [-0.2, -0.15) is 4.31 Å². The Balaban J connectivity index is 1.31. The topological polar surface area (TPSA) is 84.7 Å². The predicted molar refractivity (Wildman–Crippen MR) is 98.4 cm³/mol. The minimum Gasteiger partial charge on any atom is -0.375 e. The lowest BCUT2D eigenvalue weighted by molar-refractivity contribution is -0.138. The third-order valence-corrected chi connectivity index (χ3v) is 7.91. The van der Waals surface area contributed by atoms with Crippen LogP contribution in [0, 0.1) is 0 Å². The zero-order chi connectivity index (χ0) is 19.2. The molecule has 0 saturated carbocycles. The van der Waals surface area contributed by atoms with Gasteiger partial charge in [0, 0.05) is 45.3 Å². The van der Waals surface area contributed by atoms with Crippen molar-refractivity contribution in [2.45, 2.75) is 74.8 Å². The number of rotatable bonds is 4. The molecule has 150 valence electrons. The third kappa shape index (κ3) is 3.64. The molecule has 3 fully saturated rings.